The van der Waals surface area contributed by atoms with Crippen molar-refractivity contribution in [3.05, 3.63) is 0 Å². The highest BCUT2D eigenvalue weighted by molar-refractivity contribution is 5.81. The number of hydrogen-bond acceptors (Lipinski definition) is 2. The van der Waals surface area contributed by atoms with Crippen molar-refractivity contribution in [1.82, 2.24) is 5.32 Å². The number of hydrogen-bond donors (Lipinski definition) is 2. The Kier molecular flexibility index (Phi) is 5.99. The van der Waals surface area contributed by atoms with E-state index < -0.39 is 6.04 Å². The summed E-state index contributed by atoms with van der Waals surface area (Å²) >= 11 is 0. The van der Waals surface area contributed by atoms with Crippen molar-refractivity contribution in [1.29, 1.82) is 0 Å². The molecule has 3 N–H and O–H groups in total. The van der Waals surface area contributed by atoms with Crippen LogP contribution in [0, 0.1) is 12.3 Å². The Morgan fingerprint density at radius 1 is 1.69 bits per heavy atom. The molecule has 0 aromatic carbocycles. The third-order valence-corrected chi connectivity index (χ3v) is 1.75. The number of terminal acetylenes is 1. The lowest BCUT2D eigenvalue weighted by atomic mass is 10.1. The Morgan fingerprint density at radius 2 is 2.31 bits per heavy atom. The third-order valence-electron chi connectivity index (χ3n) is 1.75. The lowest BCUT2D eigenvalue weighted by molar-refractivity contribution is -0.123. The van der Waals surface area contributed by atoms with Crippen LogP contribution < -0.4 is 11.1 Å². The summed E-state index contributed by atoms with van der Waals surface area (Å²) in [7, 11) is 0. The quantitative estimate of drug-likeness (QED) is 0.613. The van der Waals surface area contributed by atoms with Crippen molar-refractivity contribution in [3.63, 3.8) is 0 Å². The van der Waals surface area contributed by atoms with E-state index in [1.54, 1.807) is 0 Å². The zero-order valence-electron chi connectivity index (χ0n) is 8.34. The first kappa shape index (κ1) is 12.0. The van der Waals surface area contributed by atoms with Crippen molar-refractivity contribution in [2.75, 3.05) is 0 Å². The topological polar surface area (TPSA) is 55.1 Å². The first-order valence-corrected chi connectivity index (χ1v) is 4.61. The predicted octanol–water partition coefficient (Wildman–Crippen LogP) is 0.642. The Hall–Kier alpha value is -1.01. The van der Waals surface area contributed by atoms with Gasteiger partial charge < -0.3 is 11.1 Å². The first-order chi connectivity index (χ1) is 6.11. The molecule has 1 amide bonds. The van der Waals surface area contributed by atoms with Crippen LogP contribution >= 0.6 is 0 Å². The van der Waals surface area contributed by atoms with E-state index in [0.717, 1.165) is 6.42 Å². The largest absolute Gasteiger partial charge is 0.351 e. The fourth-order valence-corrected chi connectivity index (χ4v) is 1.02. The fraction of sp³-hybridized carbons (Fsp3) is 0.700. The van der Waals surface area contributed by atoms with Crippen LogP contribution in [0.1, 0.15) is 33.1 Å². The molecule has 0 aromatic heterocycles. The van der Waals surface area contributed by atoms with Crippen LogP contribution in [0.15, 0.2) is 0 Å². The normalized spacial score (nSPS) is 14.3. The summed E-state index contributed by atoms with van der Waals surface area (Å²) in [6.07, 6.45) is 7.29. The fourth-order valence-electron chi connectivity index (χ4n) is 1.02. The van der Waals surface area contributed by atoms with Gasteiger partial charge in [0.05, 0.1) is 6.04 Å². The average molecular weight is 182 g/mol. The van der Waals surface area contributed by atoms with Crippen molar-refractivity contribution < 1.29 is 4.79 Å². The van der Waals surface area contributed by atoms with Gasteiger partial charge >= 0.3 is 0 Å². The Bertz CT molecular complexity index is 196. The monoisotopic (exact) mass is 182 g/mol. The van der Waals surface area contributed by atoms with E-state index >= 15 is 0 Å². The van der Waals surface area contributed by atoms with Crippen LogP contribution in [-0.4, -0.2) is 18.0 Å². The second-order valence-corrected chi connectivity index (χ2v) is 3.21. The van der Waals surface area contributed by atoms with Crippen LogP contribution in [0.3, 0.4) is 0 Å². The zero-order chi connectivity index (χ0) is 10.3. The molecule has 0 saturated carbocycles. The van der Waals surface area contributed by atoms with Gasteiger partial charge in [-0.2, -0.15) is 0 Å². The molecular formula is C10H18N2O. The van der Waals surface area contributed by atoms with Gasteiger partial charge in [0, 0.05) is 12.5 Å². The van der Waals surface area contributed by atoms with Gasteiger partial charge in [-0.25, -0.2) is 0 Å². The number of nitrogens with one attached hydrogen (secondary N) is 1. The van der Waals surface area contributed by atoms with Crippen molar-refractivity contribution in [3.8, 4) is 12.3 Å². The molecule has 2 atom stereocenters. The molecule has 0 radical (unpaired) electrons. The molecule has 3 nitrogen and oxygen atoms in total. The van der Waals surface area contributed by atoms with Crippen LogP contribution in [0.4, 0.5) is 0 Å². The highest BCUT2D eigenvalue weighted by Crippen LogP contribution is 1.95. The van der Waals surface area contributed by atoms with Gasteiger partial charge in [-0.05, 0) is 13.3 Å². The van der Waals surface area contributed by atoms with Crippen LogP contribution in [0.2, 0.25) is 0 Å². The van der Waals surface area contributed by atoms with Crippen molar-refractivity contribution in [2.45, 2.75) is 45.2 Å². The Labute approximate surface area is 80.1 Å². The van der Waals surface area contributed by atoms with E-state index in [-0.39, 0.29) is 11.9 Å². The minimum absolute atomic E-state index is 0.0143. The third kappa shape index (κ3) is 5.26. The van der Waals surface area contributed by atoms with Crippen LogP contribution in [0.5, 0.6) is 0 Å². The van der Waals surface area contributed by atoms with Crippen molar-refractivity contribution >= 4 is 5.91 Å². The van der Waals surface area contributed by atoms with Crippen LogP contribution in [0.25, 0.3) is 0 Å². The molecule has 0 aromatic rings. The molecular weight excluding hydrogens is 164 g/mol. The molecule has 0 aliphatic carbocycles. The molecule has 74 valence electrons. The number of amides is 1. The Morgan fingerprint density at radius 3 is 2.77 bits per heavy atom. The molecule has 0 spiro atoms. The maximum absolute atomic E-state index is 11.3. The van der Waals surface area contributed by atoms with E-state index in [1.807, 2.05) is 13.8 Å². The molecule has 0 saturated heterocycles. The molecule has 3 heteroatoms. The molecule has 0 aliphatic heterocycles. The summed E-state index contributed by atoms with van der Waals surface area (Å²) in [5, 5.41) is 2.76. The van der Waals surface area contributed by atoms with Gasteiger partial charge in [-0.15, -0.1) is 12.3 Å². The molecule has 0 heterocycles. The highest BCUT2D eigenvalue weighted by atomic mass is 16.2. The minimum atomic E-state index is -0.398. The minimum Gasteiger partial charge on any atom is -0.351 e. The molecule has 13 heavy (non-hydrogen) atoms. The number of carbonyl (C=O) groups excluding carboxylic acids is 1. The zero-order valence-corrected chi connectivity index (χ0v) is 8.34. The van der Waals surface area contributed by atoms with Gasteiger partial charge in [-0.1, -0.05) is 13.3 Å². The Balaban J connectivity index is 3.79. The highest BCUT2D eigenvalue weighted by Gasteiger charge is 2.13. The van der Waals surface area contributed by atoms with Crippen LogP contribution in [-0.2, 0) is 4.79 Å². The van der Waals surface area contributed by atoms with E-state index in [4.69, 9.17) is 12.2 Å². The lowest BCUT2D eigenvalue weighted by Gasteiger charge is -2.15. The maximum Gasteiger partial charge on any atom is 0.237 e. The standard InChI is InChI=1S/C10H18N2O/c1-4-6-8(3)12-10(13)9(11)7-5-2/h1,8-9H,5-7,11H2,2-3H3,(H,12,13)/t8?,9-/m0/s1. The van der Waals surface area contributed by atoms with E-state index in [2.05, 4.69) is 11.2 Å². The van der Waals surface area contributed by atoms with Crippen molar-refractivity contribution in [2.24, 2.45) is 5.73 Å². The molecule has 1 unspecified atom stereocenters. The van der Waals surface area contributed by atoms with E-state index in [1.165, 1.54) is 0 Å². The maximum atomic E-state index is 11.3. The SMILES string of the molecule is C#CCC(C)NC(=O)[C@@H](N)CCC. The molecule has 0 aliphatic rings. The average Bonchev–Trinajstić information content (AvgIpc) is 2.05. The van der Waals surface area contributed by atoms with Gasteiger partial charge in [0.1, 0.15) is 0 Å². The molecule has 0 bridgehead atoms. The number of carbonyl (C=O) groups is 1. The number of rotatable bonds is 5. The summed E-state index contributed by atoms with van der Waals surface area (Å²) in [6, 6.07) is -0.384. The summed E-state index contributed by atoms with van der Waals surface area (Å²) in [4.78, 5) is 11.3. The van der Waals surface area contributed by atoms with Gasteiger partial charge in [0.2, 0.25) is 5.91 Å². The molecule has 0 fully saturated rings. The first-order valence-electron chi connectivity index (χ1n) is 4.61. The van der Waals surface area contributed by atoms with Gasteiger partial charge in [0.15, 0.2) is 0 Å². The summed E-state index contributed by atoms with van der Waals surface area (Å²) < 4.78 is 0. The smallest absolute Gasteiger partial charge is 0.237 e. The van der Waals surface area contributed by atoms with E-state index in [9.17, 15) is 4.79 Å². The second-order valence-electron chi connectivity index (χ2n) is 3.21. The summed E-state index contributed by atoms with van der Waals surface area (Å²) in [5.41, 5.74) is 5.61. The van der Waals surface area contributed by atoms with Gasteiger partial charge in [0.25, 0.3) is 0 Å². The molecule has 0 rings (SSSR count). The van der Waals surface area contributed by atoms with Gasteiger partial charge in [-0.3, -0.25) is 4.79 Å². The summed E-state index contributed by atoms with van der Waals surface area (Å²) in [5.74, 6) is 2.38. The lowest BCUT2D eigenvalue weighted by Crippen LogP contribution is -2.44. The number of nitrogens with two attached hydrogens (primary N) is 1. The predicted molar refractivity (Wildman–Crippen MR) is 53.9 cm³/mol. The van der Waals surface area contributed by atoms with E-state index in [0.29, 0.717) is 12.8 Å². The second kappa shape index (κ2) is 6.50. The summed E-state index contributed by atoms with van der Waals surface area (Å²) in [6.45, 7) is 3.87.